The molecular formula is C15H15BrN2O2S. The lowest BCUT2D eigenvalue weighted by Gasteiger charge is -2.08. The first kappa shape index (κ1) is 15.7. The monoisotopic (exact) mass is 366 g/mol. The van der Waals surface area contributed by atoms with Gasteiger partial charge < -0.3 is 4.74 Å². The van der Waals surface area contributed by atoms with E-state index in [1.807, 2.05) is 44.2 Å². The molecule has 0 bridgehead atoms. The summed E-state index contributed by atoms with van der Waals surface area (Å²) in [5.74, 6) is 0.430. The maximum atomic E-state index is 11.7. The third-order valence-corrected chi connectivity index (χ3v) is 4.24. The zero-order valence-corrected chi connectivity index (χ0v) is 14.1. The number of halogens is 1. The Hall–Kier alpha value is -1.66. The first-order chi connectivity index (χ1) is 10.0. The Kier molecular flexibility index (Phi) is 5.52. The van der Waals surface area contributed by atoms with Crippen LogP contribution in [-0.2, 0) is 4.79 Å². The van der Waals surface area contributed by atoms with Gasteiger partial charge in [0.1, 0.15) is 5.75 Å². The average Bonchev–Trinajstić information content (AvgIpc) is 2.85. The van der Waals surface area contributed by atoms with Crippen molar-refractivity contribution >= 4 is 39.4 Å². The number of hydrogen-bond acceptors (Lipinski definition) is 4. The van der Waals surface area contributed by atoms with E-state index in [1.165, 1.54) is 11.3 Å². The first-order valence-corrected chi connectivity index (χ1v) is 7.93. The molecule has 4 nitrogen and oxygen atoms in total. The summed E-state index contributed by atoms with van der Waals surface area (Å²) in [5.41, 5.74) is 4.54. The van der Waals surface area contributed by atoms with E-state index < -0.39 is 0 Å². The van der Waals surface area contributed by atoms with Crippen LogP contribution in [0.1, 0.15) is 16.0 Å². The fourth-order valence-electron chi connectivity index (χ4n) is 1.60. The number of nitrogens with one attached hydrogen (secondary N) is 1. The molecule has 21 heavy (non-hydrogen) atoms. The molecule has 0 aliphatic carbocycles. The van der Waals surface area contributed by atoms with Gasteiger partial charge in [-0.05, 0) is 59.1 Å². The zero-order chi connectivity index (χ0) is 15.2. The molecule has 2 aromatic rings. The Morgan fingerprint density at radius 1 is 1.38 bits per heavy atom. The quantitative estimate of drug-likeness (QED) is 0.648. The second-order valence-corrected chi connectivity index (χ2v) is 6.99. The summed E-state index contributed by atoms with van der Waals surface area (Å²) in [4.78, 5) is 12.6. The van der Waals surface area contributed by atoms with Gasteiger partial charge in [0.05, 0.1) is 10.0 Å². The van der Waals surface area contributed by atoms with Crippen LogP contribution in [0.5, 0.6) is 5.75 Å². The van der Waals surface area contributed by atoms with Crippen molar-refractivity contribution in [3.8, 4) is 5.75 Å². The molecule has 2 rings (SSSR count). The molecule has 1 aromatic heterocycles. The van der Waals surface area contributed by atoms with Crippen LogP contribution in [0.15, 0.2) is 39.2 Å². The highest BCUT2D eigenvalue weighted by Gasteiger charge is 2.04. The maximum absolute atomic E-state index is 11.7. The van der Waals surface area contributed by atoms with E-state index in [0.717, 1.165) is 25.5 Å². The summed E-state index contributed by atoms with van der Waals surface area (Å²) < 4.78 is 6.52. The van der Waals surface area contributed by atoms with E-state index in [-0.39, 0.29) is 12.5 Å². The van der Waals surface area contributed by atoms with Gasteiger partial charge in [-0.1, -0.05) is 12.1 Å². The van der Waals surface area contributed by atoms with Gasteiger partial charge in [0.25, 0.3) is 5.91 Å². The molecule has 0 saturated heterocycles. The Labute approximate surface area is 136 Å². The molecule has 1 aromatic carbocycles. The van der Waals surface area contributed by atoms with E-state index >= 15 is 0 Å². The number of carbonyl (C=O) groups is 1. The first-order valence-electron chi connectivity index (χ1n) is 6.32. The molecular weight excluding hydrogens is 352 g/mol. The fraction of sp³-hybridized carbons (Fsp3) is 0.200. The van der Waals surface area contributed by atoms with E-state index in [2.05, 4.69) is 26.5 Å². The summed E-state index contributed by atoms with van der Waals surface area (Å²) >= 11 is 4.90. The van der Waals surface area contributed by atoms with Gasteiger partial charge in [-0.15, -0.1) is 11.3 Å². The number of benzene rings is 1. The molecule has 110 valence electrons. The predicted octanol–water partition coefficient (Wildman–Crippen LogP) is 3.66. The third-order valence-electron chi connectivity index (χ3n) is 2.68. The van der Waals surface area contributed by atoms with Crippen molar-refractivity contribution in [1.29, 1.82) is 0 Å². The van der Waals surface area contributed by atoms with Crippen LogP contribution < -0.4 is 10.2 Å². The molecule has 1 N–H and O–H groups in total. The van der Waals surface area contributed by atoms with Crippen molar-refractivity contribution in [2.75, 3.05) is 6.61 Å². The van der Waals surface area contributed by atoms with Crippen LogP contribution in [0.2, 0.25) is 0 Å². The van der Waals surface area contributed by atoms with Gasteiger partial charge in [-0.25, -0.2) is 5.43 Å². The van der Waals surface area contributed by atoms with Crippen LogP contribution in [0, 0.1) is 13.8 Å². The Morgan fingerprint density at radius 2 is 2.19 bits per heavy atom. The lowest BCUT2D eigenvalue weighted by molar-refractivity contribution is -0.123. The highest BCUT2D eigenvalue weighted by atomic mass is 79.9. The van der Waals surface area contributed by atoms with Gasteiger partial charge in [0, 0.05) is 4.88 Å². The number of aryl methyl sites for hydroxylation is 2. The lowest BCUT2D eigenvalue weighted by atomic mass is 10.1. The number of thiophene rings is 1. The van der Waals surface area contributed by atoms with Crippen LogP contribution in [0.3, 0.4) is 0 Å². The smallest absolute Gasteiger partial charge is 0.277 e. The summed E-state index contributed by atoms with van der Waals surface area (Å²) in [6.07, 6.45) is 1.60. The molecule has 0 fully saturated rings. The number of nitrogens with zero attached hydrogens (tertiary/aromatic N) is 1. The second-order valence-electron chi connectivity index (χ2n) is 4.49. The molecule has 6 heteroatoms. The van der Waals surface area contributed by atoms with Crippen molar-refractivity contribution in [3.05, 3.63) is 50.1 Å². The van der Waals surface area contributed by atoms with Gasteiger partial charge >= 0.3 is 0 Å². The largest absolute Gasteiger partial charge is 0.483 e. The number of ether oxygens (including phenoxy) is 1. The molecule has 0 aliphatic heterocycles. The number of carbonyl (C=O) groups excluding carboxylic acids is 1. The van der Waals surface area contributed by atoms with E-state index in [0.29, 0.717) is 0 Å². The molecule has 0 unspecified atom stereocenters. The average molecular weight is 367 g/mol. The Bertz CT molecular complexity index is 667. The minimum Gasteiger partial charge on any atom is -0.483 e. The van der Waals surface area contributed by atoms with Crippen molar-refractivity contribution in [3.63, 3.8) is 0 Å². The molecule has 0 spiro atoms. The summed E-state index contributed by atoms with van der Waals surface area (Å²) in [5, 5.41) is 3.89. The number of hydrazone groups is 1. The van der Waals surface area contributed by atoms with Crippen molar-refractivity contribution < 1.29 is 9.53 Å². The van der Waals surface area contributed by atoms with E-state index in [4.69, 9.17) is 4.74 Å². The Balaban J connectivity index is 1.82. The number of hydrogen-bond donors (Lipinski definition) is 1. The minimum atomic E-state index is -0.289. The number of rotatable bonds is 5. The fourth-order valence-corrected chi connectivity index (χ4v) is 2.90. The third kappa shape index (κ3) is 4.99. The summed E-state index contributed by atoms with van der Waals surface area (Å²) in [6, 6.07) is 9.73. The van der Waals surface area contributed by atoms with Crippen molar-refractivity contribution in [2.24, 2.45) is 5.10 Å². The number of amides is 1. The normalized spacial score (nSPS) is 10.8. The standard InChI is InChI=1S/C15H15BrN2O2S/c1-10-3-4-11(2)13(7-10)20-9-15(19)18-17-8-12-5-6-14(16)21-12/h3-8H,9H2,1-2H3,(H,18,19). The Morgan fingerprint density at radius 3 is 2.90 bits per heavy atom. The van der Waals surface area contributed by atoms with Gasteiger partial charge in [0.2, 0.25) is 0 Å². The van der Waals surface area contributed by atoms with E-state index in [9.17, 15) is 4.79 Å². The molecule has 1 heterocycles. The highest BCUT2D eigenvalue weighted by molar-refractivity contribution is 9.11. The molecule has 0 saturated carbocycles. The van der Waals surface area contributed by atoms with Crippen molar-refractivity contribution in [1.82, 2.24) is 5.43 Å². The van der Waals surface area contributed by atoms with Crippen LogP contribution in [-0.4, -0.2) is 18.7 Å². The van der Waals surface area contributed by atoms with Crippen LogP contribution >= 0.6 is 27.3 Å². The highest BCUT2D eigenvalue weighted by Crippen LogP contribution is 2.20. The van der Waals surface area contributed by atoms with Crippen LogP contribution in [0.4, 0.5) is 0 Å². The SMILES string of the molecule is Cc1ccc(C)c(OCC(=O)NN=Cc2ccc(Br)s2)c1. The summed E-state index contributed by atoms with van der Waals surface area (Å²) in [7, 11) is 0. The minimum absolute atomic E-state index is 0.0598. The van der Waals surface area contributed by atoms with Gasteiger partial charge in [-0.2, -0.15) is 5.10 Å². The van der Waals surface area contributed by atoms with Crippen molar-refractivity contribution in [2.45, 2.75) is 13.8 Å². The van der Waals surface area contributed by atoms with Gasteiger partial charge in [0.15, 0.2) is 6.61 Å². The van der Waals surface area contributed by atoms with Crippen LogP contribution in [0.25, 0.3) is 0 Å². The molecule has 0 atom stereocenters. The zero-order valence-electron chi connectivity index (χ0n) is 11.7. The summed E-state index contributed by atoms with van der Waals surface area (Å²) in [6.45, 7) is 3.87. The van der Waals surface area contributed by atoms with Gasteiger partial charge in [-0.3, -0.25) is 4.79 Å². The van der Waals surface area contributed by atoms with E-state index in [1.54, 1.807) is 6.21 Å². The second kappa shape index (κ2) is 7.38. The topological polar surface area (TPSA) is 50.7 Å². The molecule has 1 amide bonds. The predicted molar refractivity (Wildman–Crippen MR) is 89.2 cm³/mol. The molecule has 0 radical (unpaired) electrons. The maximum Gasteiger partial charge on any atom is 0.277 e. The lowest BCUT2D eigenvalue weighted by Crippen LogP contribution is -2.24. The molecule has 0 aliphatic rings.